The summed E-state index contributed by atoms with van der Waals surface area (Å²) in [4.78, 5) is 0. The molecule has 0 aromatic heterocycles. The van der Waals surface area contributed by atoms with Crippen LogP contribution in [0.3, 0.4) is 0 Å². The van der Waals surface area contributed by atoms with E-state index in [9.17, 15) is 0 Å². The monoisotopic (exact) mass is 144 g/mol. The van der Waals surface area contributed by atoms with E-state index in [4.69, 9.17) is 0 Å². The zero-order valence-electron chi connectivity index (χ0n) is 6.01. The first-order valence-corrected chi connectivity index (χ1v) is 3.58. The minimum Gasteiger partial charge on any atom is -0.163 e. The number of rotatable bonds is 1. The smallest absolute Gasteiger partial charge is 0.0583 e. The largest absolute Gasteiger partial charge is 0.163 e. The molecular weight excluding hydrogens is 136 g/mol. The van der Waals surface area contributed by atoms with Crippen molar-refractivity contribution < 1.29 is 0 Å². The fourth-order valence-electron chi connectivity index (χ4n) is 1.11. The van der Waals surface area contributed by atoms with Crippen molar-refractivity contribution in [2.75, 3.05) is 0 Å². The molecule has 0 bridgehead atoms. The molecule has 0 unspecified atom stereocenters. The van der Waals surface area contributed by atoms with E-state index in [1.54, 1.807) is 0 Å². The molecule has 1 aliphatic rings. The highest BCUT2D eigenvalue weighted by Gasteiger charge is 2.07. The Morgan fingerprint density at radius 2 is 1.55 bits per heavy atom. The van der Waals surface area contributed by atoms with Crippen LogP contribution in [0.5, 0.6) is 0 Å². The van der Waals surface area contributed by atoms with Gasteiger partial charge in [0, 0.05) is 12.4 Å². The SMILES string of the molecule is C1=NN=CC1c1ccccc1. The van der Waals surface area contributed by atoms with Crippen LogP contribution in [0.1, 0.15) is 11.5 Å². The molecule has 2 rings (SSSR count). The van der Waals surface area contributed by atoms with Crippen LogP contribution in [0.2, 0.25) is 0 Å². The first kappa shape index (κ1) is 6.28. The number of hydrogen-bond donors (Lipinski definition) is 0. The molecule has 0 aliphatic carbocycles. The van der Waals surface area contributed by atoms with Crippen LogP contribution in [0.4, 0.5) is 0 Å². The molecule has 0 saturated carbocycles. The van der Waals surface area contributed by atoms with E-state index >= 15 is 0 Å². The summed E-state index contributed by atoms with van der Waals surface area (Å²) in [5, 5.41) is 7.57. The Labute approximate surface area is 65.3 Å². The molecule has 0 radical (unpaired) electrons. The zero-order chi connectivity index (χ0) is 7.52. The van der Waals surface area contributed by atoms with Crippen LogP contribution in [-0.2, 0) is 0 Å². The van der Waals surface area contributed by atoms with Crippen LogP contribution in [-0.4, -0.2) is 12.4 Å². The fourth-order valence-corrected chi connectivity index (χ4v) is 1.11. The van der Waals surface area contributed by atoms with Crippen molar-refractivity contribution >= 4 is 12.4 Å². The quantitative estimate of drug-likeness (QED) is 0.574. The van der Waals surface area contributed by atoms with Crippen LogP contribution in [0, 0.1) is 0 Å². The van der Waals surface area contributed by atoms with Gasteiger partial charge in [0.05, 0.1) is 5.92 Å². The Bertz CT molecular complexity index is 276. The predicted molar refractivity (Wildman–Crippen MR) is 46.2 cm³/mol. The van der Waals surface area contributed by atoms with Gasteiger partial charge < -0.3 is 0 Å². The fraction of sp³-hybridized carbons (Fsp3) is 0.111. The molecular formula is C9H8N2. The van der Waals surface area contributed by atoms with Crippen LogP contribution in [0.15, 0.2) is 40.5 Å². The molecule has 11 heavy (non-hydrogen) atoms. The zero-order valence-corrected chi connectivity index (χ0v) is 6.01. The molecule has 1 aromatic rings. The maximum atomic E-state index is 3.79. The highest BCUT2D eigenvalue weighted by atomic mass is 15.2. The molecule has 0 N–H and O–H groups in total. The lowest BCUT2D eigenvalue weighted by molar-refractivity contribution is 1.29. The van der Waals surface area contributed by atoms with Crippen LogP contribution < -0.4 is 0 Å². The molecule has 54 valence electrons. The summed E-state index contributed by atoms with van der Waals surface area (Å²) < 4.78 is 0. The lowest BCUT2D eigenvalue weighted by Gasteiger charge is -2.00. The number of nitrogens with zero attached hydrogens (tertiary/aromatic N) is 2. The van der Waals surface area contributed by atoms with Gasteiger partial charge in [0.1, 0.15) is 0 Å². The lowest BCUT2D eigenvalue weighted by atomic mass is 10.0. The minimum atomic E-state index is 0.288. The van der Waals surface area contributed by atoms with E-state index in [0.29, 0.717) is 0 Å². The van der Waals surface area contributed by atoms with Crippen molar-refractivity contribution in [1.82, 2.24) is 0 Å². The van der Waals surface area contributed by atoms with Gasteiger partial charge in [-0.2, -0.15) is 10.2 Å². The van der Waals surface area contributed by atoms with Crippen molar-refractivity contribution in [2.45, 2.75) is 5.92 Å². The Morgan fingerprint density at radius 1 is 0.909 bits per heavy atom. The summed E-state index contributed by atoms with van der Waals surface area (Å²) >= 11 is 0. The molecule has 0 saturated heterocycles. The van der Waals surface area contributed by atoms with Gasteiger partial charge in [-0.1, -0.05) is 30.3 Å². The van der Waals surface area contributed by atoms with Gasteiger partial charge >= 0.3 is 0 Å². The Balaban J connectivity index is 2.30. The molecule has 1 aliphatic heterocycles. The number of hydrogen-bond acceptors (Lipinski definition) is 2. The van der Waals surface area contributed by atoms with Gasteiger partial charge in [-0.05, 0) is 5.56 Å². The van der Waals surface area contributed by atoms with Gasteiger partial charge in [-0.15, -0.1) is 0 Å². The standard InChI is InChI=1S/C9H8N2/c1-2-4-8(5-3-1)9-6-10-11-7-9/h1-7,9H. The van der Waals surface area contributed by atoms with Gasteiger partial charge in [-0.25, -0.2) is 0 Å². The van der Waals surface area contributed by atoms with E-state index in [2.05, 4.69) is 22.3 Å². The van der Waals surface area contributed by atoms with Crippen molar-refractivity contribution in [3.05, 3.63) is 35.9 Å². The highest BCUT2D eigenvalue weighted by Crippen LogP contribution is 2.13. The minimum absolute atomic E-state index is 0.288. The van der Waals surface area contributed by atoms with Crippen LogP contribution >= 0.6 is 0 Å². The molecule has 2 nitrogen and oxygen atoms in total. The van der Waals surface area contributed by atoms with Crippen molar-refractivity contribution in [1.29, 1.82) is 0 Å². The lowest BCUT2D eigenvalue weighted by Crippen LogP contribution is -1.96. The predicted octanol–water partition coefficient (Wildman–Crippen LogP) is 1.84. The maximum absolute atomic E-state index is 3.79. The normalized spacial score (nSPS) is 16.0. The maximum Gasteiger partial charge on any atom is 0.0583 e. The third-order valence-corrected chi connectivity index (χ3v) is 1.71. The average molecular weight is 144 g/mol. The van der Waals surface area contributed by atoms with E-state index in [1.807, 2.05) is 30.6 Å². The third-order valence-electron chi connectivity index (χ3n) is 1.71. The first-order chi connectivity index (χ1) is 5.47. The topological polar surface area (TPSA) is 24.7 Å². The third kappa shape index (κ3) is 1.19. The Hall–Kier alpha value is -1.44. The van der Waals surface area contributed by atoms with Crippen molar-refractivity contribution in [2.24, 2.45) is 10.2 Å². The molecule has 2 heteroatoms. The number of benzene rings is 1. The molecule has 0 amide bonds. The second-order valence-electron chi connectivity index (χ2n) is 2.47. The molecule has 0 spiro atoms. The summed E-state index contributed by atoms with van der Waals surface area (Å²) in [6.45, 7) is 0. The Kier molecular flexibility index (Phi) is 1.52. The van der Waals surface area contributed by atoms with Crippen molar-refractivity contribution in [3.63, 3.8) is 0 Å². The summed E-state index contributed by atoms with van der Waals surface area (Å²) in [6.07, 6.45) is 3.69. The van der Waals surface area contributed by atoms with Gasteiger partial charge in [-0.3, -0.25) is 0 Å². The van der Waals surface area contributed by atoms with Crippen LogP contribution in [0.25, 0.3) is 0 Å². The second-order valence-corrected chi connectivity index (χ2v) is 2.47. The second kappa shape index (κ2) is 2.66. The van der Waals surface area contributed by atoms with Gasteiger partial charge in [0.25, 0.3) is 0 Å². The summed E-state index contributed by atoms with van der Waals surface area (Å²) in [7, 11) is 0. The van der Waals surface area contributed by atoms with E-state index in [1.165, 1.54) is 5.56 Å². The molecule has 0 fully saturated rings. The van der Waals surface area contributed by atoms with E-state index < -0.39 is 0 Å². The molecule has 1 heterocycles. The summed E-state index contributed by atoms with van der Waals surface area (Å²) in [5.41, 5.74) is 1.25. The molecule has 1 aromatic carbocycles. The Morgan fingerprint density at radius 3 is 2.18 bits per heavy atom. The molecule has 0 atom stereocenters. The van der Waals surface area contributed by atoms with Gasteiger partial charge in [0.2, 0.25) is 0 Å². The van der Waals surface area contributed by atoms with Crippen molar-refractivity contribution in [3.8, 4) is 0 Å². The first-order valence-electron chi connectivity index (χ1n) is 3.58. The van der Waals surface area contributed by atoms with Gasteiger partial charge in [0.15, 0.2) is 0 Å². The highest BCUT2D eigenvalue weighted by molar-refractivity contribution is 5.93. The van der Waals surface area contributed by atoms with E-state index in [-0.39, 0.29) is 5.92 Å². The average Bonchev–Trinajstić information content (AvgIpc) is 2.58. The summed E-state index contributed by atoms with van der Waals surface area (Å²) in [6, 6.07) is 10.2. The summed E-state index contributed by atoms with van der Waals surface area (Å²) in [5.74, 6) is 0.288. The van der Waals surface area contributed by atoms with E-state index in [0.717, 1.165) is 0 Å².